The van der Waals surface area contributed by atoms with E-state index in [1.807, 2.05) is 0 Å². The fourth-order valence-corrected chi connectivity index (χ4v) is 2.79. The van der Waals surface area contributed by atoms with E-state index in [4.69, 9.17) is 10.5 Å². The van der Waals surface area contributed by atoms with Crippen molar-refractivity contribution < 1.29 is 4.74 Å². The van der Waals surface area contributed by atoms with E-state index in [1.54, 1.807) is 0 Å². The van der Waals surface area contributed by atoms with Crippen molar-refractivity contribution in [2.75, 3.05) is 33.4 Å². The molecule has 1 atom stereocenters. The number of hydrogen-bond acceptors (Lipinski definition) is 3. The molecule has 1 aliphatic heterocycles. The molecule has 0 aliphatic carbocycles. The third-order valence-corrected chi connectivity index (χ3v) is 3.89. The Kier molecular flexibility index (Phi) is 5.37. The van der Waals surface area contributed by atoms with E-state index >= 15 is 0 Å². The Balaban J connectivity index is 1.82. The van der Waals surface area contributed by atoms with Crippen molar-refractivity contribution in [2.45, 2.75) is 25.8 Å². The van der Waals surface area contributed by atoms with Gasteiger partial charge < -0.3 is 15.4 Å². The van der Waals surface area contributed by atoms with Crippen molar-refractivity contribution in [3.05, 3.63) is 35.4 Å². The minimum atomic E-state index is 0.102. The molecular formula is C16H26N2O. The number of aryl methyl sites for hydroxylation is 1. The number of rotatable bonds is 5. The van der Waals surface area contributed by atoms with Gasteiger partial charge in [0.05, 0.1) is 0 Å². The van der Waals surface area contributed by atoms with Gasteiger partial charge in [-0.2, -0.15) is 0 Å². The summed E-state index contributed by atoms with van der Waals surface area (Å²) in [7, 11) is 2.17. The summed E-state index contributed by atoms with van der Waals surface area (Å²) < 4.78 is 5.40. The first-order valence-electron chi connectivity index (χ1n) is 7.23. The monoisotopic (exact) mass is 262 g/mol. The first-order valence-corrected chi connectivity index (χ1v) is 7.23. The lowest BCUT2D eigenvalue weighted by Crippen LogP contribution is -2.34. The molecule has 2 N–H and O–H groups in total. The van der Waals surface area contributed by atoms with E-state index < -0.39 is 0 Å². The molecule has 106 valence electrons. The zero-order valence-electron chi connectivity index (χ0n) is 12.1. The summed E-state index contributed by atoms with van der Waals surface area (Å²) in [6.45, 7) is 6.00. The van der Waals surface area contributed by atoms with E-state index in [-0.39, 0.29) is 6.04 Å². The van der Waals surface area contributed by atoms with Gasteiger partial charge in [0.2, 0.25) is 0 Å². The Bertz CT molecular complexity index is 388. The highest BCUT2D eigenvalue weighted by Crippen LogP contribution is 2.18. The molecule has 3 nitrogen and oxygen atoms in total. The van der Waals surface area contributed by atoms with Gasteiger partial charge in [-0.3, -0.25) is 0 Å². The topological polar surface area (TPSA) is 38.5 Å². The Morgan fingerprint density at radius 1 is 1.37 bits per heavy atom. The molecule has 0 spiro atoms. The van der Waals surface area contributed by atoms with Gasteiger partial charge in [-0.15, -0.1) is 0 Å². The van der Waals surface area contributed by atoms with Crippen LogP contribution in [0.4, 0.5) is 0 Å². The molecule has 1 aliphatic rings. The van der Waals surface area contributed by atoms with Crippen LogP contribution in [0.5, 0.6) is 0 Å². The normalized spacial score (nSPS) is 18.7. The Morgan fingerprint density at radius 2 is 2.11 bits per heavy atom. The van der Waals surface area contributed by atoms with Crippen LogP contribution in [0, 0.1) is 12.8 Å². The lowest BCUT2D eigenvalue weighted by atomic mass is 9.99. The van der Waals surface area contributed by atoms with Gasteiger partial charge in [0, 0.05) is 32.3 Å². The fraction of sp³-hybridized carbons (Fsp3) is 0.625. The number of hydrogen-bond donors (Lipinski definition) is 1. The summed E-state index contributed by atoms with van der Waals surface area (Å²) >= 11 is 0. The van der Waals surface area contributed by atoms with Crippen LogP contribution in [0.15, 0.2) is 24.3 Å². The summed E-state index contributed by atoms with van der Waals surface area (Å²) in [5.74, 6) is 0.767. The molecule has 1 saturated heterocycles. The van der Waals surface area contributed by atoms with Crippen LogP contribution in [0.25, 0.3) is 0 Å². The van der Waals surface area contributed by atoms with Gasteiger partial charge in [-0.05, 0) is 38.3 Å². The van der Waals surface area contributed by atoms with E-state index in [0.717, 1.165) is 32.2 Å². The number of nitrogens with zero attached hydrogens (tertiary/aromatic N) is 1. The molecule has 1 unspecified atom stereocenters. The molecule has 1 aromatic rings. The zero-order valence-corrected chi connectivity index (χ0v) is 12.1. The standard InChI is InChI=1S/C16H26N2O/c1-13-4-3-5-15(10-13)16(17)12-18(2)11-14-6-8-19-9-7-14/h3-5,10,14,16H,6-9,11-12,17H2,1-2H3. The molecule has 0 aromatic heterocycles. The van der Waals surface area contributed by atoms with Gasteiger partial charge in [0.15, 0.2) is 0 Å². The van der Waals surface area contributed by atoms with Crippen LogP contribution in [0.3, 0.4) is 0 Å². The number of likely N-dealkylation sites (N-methyl/N-ethyl adjacent to an activating group) is 1. The highest BCUT2D eigenvalue weighted by molar-refractivity contribution is 5.25. The molecule has 1 fully saturated rings. The third-order valence-electron chi connectivity index (χ3n) is 3.89. The SMILES string of the molecule is Cc1cccc(C(N)CN(C)CC2CCOCC2)c1. The predicted molar refractivity (Wildman–Crippen MR) is 79.1 cm³/mol. The molecule has 0 radical (unpaired) electrons. The van der Waals surface area contributed by atoms with Gasteiger partial charge >= 0.3 is 0 Å². The Hall–Kier alpha value is -0.900. The molecule has 1 aromatic carbocycles. The summed E-state index contributed by atoms with van der Waals surface area (Å²) in [4.78, 5) is 2.36. The second-order valence-corrected chi connectivity index (χ2v) is 5.80. The van der Waals surface area contributed by atoms with Crippen LogP contribution < -0.4 is 5.73 Å². The quantitative estimate of drug-likeness (QED) is 0.885. The summed E-state index contributed by atoms with van der Waals surface area (Å²) in [5.41, 5.74) is 8.82. The molecule has 19 heavy (non-hydrogen) atoms. The van der Waals surface area contributed by atoms with E-state index in [2.05, 4.69) is 43.1 Å². The number of benzene rings is 1. The van der Waals surface area contributed by atoms with Crippen molar-refractivity contribution in [3.63, 3.8) is 0 Å². The number of nitrogens with two attached hydrogens (primary N) is 1. The minimum absolute atomic E-state index is 0.102. The predicted octanol–water partition coefficient (Wildman–Crippen LogP) is 2.35. The molecule has 3 heteroatoms. The van der Waals surface area contributed by atoms with Crippen molar-refractivity contribution >= 4 is 0 Å². The fourth-order valence-electron chi connectivity index (χ4n) is 2.79. The minimum Gasteiger partial charge on any atom is -0.381 e. The van der Waals surface area contributed by atoms with Crippen molar-refractivity contribution in [2.24, 2.45) is 11.7 Å². The van der Waals surface area contributed by atoms with Crippen molar-refractivity contribution in [1.29, 1.82) is 0 Å². The largest absolute Gasteiger partial charge is 0.381 e. The lowest BCUT2D eigenvalue weighted by molar-refractivity contribution is 0.0551. The van der Waals surface area contributed by atoms with E-state index in [0.29, 0.717) is 0 Å². The molecule has 0 saturated carbocycles. The van der Waals surface area contributed by atoms with Crippen LogP contribution in [0.1, 0.15) is 30.0 Å². The smallest absolute Gasteiger partial charge is 0.0469 e. The summed E-state index contributed by atoms with van der Waals surface area (Å²) in [5, 5.41) is 0. The second kappa shape index (κ2) is 7.04. The van der Waals surface area contributed by atoms with Crippen LogP contribution in [-0.2, 0) is 4.74 Å². The third kappa shape index (κ3) is 4.60. The van der Waals surface area contributed by atoms with Gasteiger partial charge in [0.1, 0.15) is 0 Å². The highest BCUT2D eigenvalue weighted by atomic mass is 16.5. The number of ether oxygens (including phenoxy) is 1. The van der Waals surface area contributed by atoms with Crippen molar-refractivity contribution in [1.82, 2.24) is 4.90 Å². The zero-order chi connectivity index (χ0) is 13.7. The lowest BCUT2D eigenvalue weighted by Gasteiger charge is -2.28. The van der Waals surface area contributed by atoms with Gasteiger partial charge in [-0.25, -0.2) is 0 Å². The molecule has 1 heterocycles. The van der Waals surface area contributed by atoms with Crippen LogP contribution in [0.2, 0.25) is 0 Å². The maximum absolute atomic E-state index is 6.30. The average molecular weight is 262 g/mol. The molecule has 2 rings (SSSR count). The van der Waals surface area contributed by atoms with Crippen LogP contribution >= 0.6 is 0 Å². The molecule has 0 amide bonds. The first-order chi connectivity index (χ1) is 9.15. The van der Waals surface area contributed by atoms with Crippen LogP contribution in [-0.4, -0.2) is 38.3 Å². The maximum Gasteiger partial charge on any atom is 0.0469 e. The summed E-state index contributed by atoms with van der Waals surface area (Å²) in [6, 6.07) is 8.61. The Morgan fingerprint density at radius 3 is 2.79 bits per heavy atom. The maximum atomic E-state index is 6.30. The van der Waals surface area contributed by atoms with Crippen molar-refractivity contribution in [3.8, 4) is 0 Å². The van der Waals surface area contributed by atoms with Gasteiger partial charge in [0.25, 0.3) is 0 Å². The van der Waals surface area contributed by atoms with Gasteiger partial charge in [-0.1, -0.05) is 29.8 Å². The Labute approximate surface area is 116 Å². The van der Waals surface area contributed by atoms with E-state index in [1.165, 1.54) is 24.0 Å². The molecule has 0 bridgehead atoms. The first kappa shape index (κ1) is 14.5. The van der Waals surface area contributed by atoms with E-state index in [9.17, 15) is 0 Å². The average Bonchev–Trinajstić information content (AvgIpc) is 2.39. The second-order valence-electron chi connectivity index (χ2n) is 5.80. The molecular weight excluding hydrogens is 236 g/mol. The summed E-state index contributed by atoms with van der Waals surface area (Å²) in [6.07, 6.45) is 2.37. The highest BCUT2D eigenvalue weighted by Gasteiger charge is 2.17.